The maximum absolute atomic E-state index is 13.9. The number of sulfonamides is 1. The summed E-state index contributed by atoms with van der Waals surface area (Å²) in [5.41, 5.74) is 2.05. The second-order valence-electron chi connectivity index (χ2n) is 8.92. The van der Waals surface area contributed by atoms with Crippen molar-refractivity contribution in [3.63, 3.8) is 0 Å². The molecule has 0 saturated carbocycles. The van der Waals surface area contributed by atoms with Crippen molar-refractivity contribution in [2.24, 2.45) is 0 Å². The van der Waals surface area contributed by atoms with Crippen LogP contribution in [0.3, 0.4) is 0 Å². The molecule has 3 aromatic carbocycles. The molecule has 0 fully saturated rings. The van der Waals surface area contributed by atoms with Crippen LogP contribution in [0.2, 0.25) is 0 Å². The molecule has 0 saturated heterocycles. The minimum Gasteiger partial charge on any atom is -0.354 e. The quantitative estimate of drug-likeness (QED) is 0.287. The lowest BCUT2D eigenvalue weighted by molar-refractivity contribution is -0.139. The van der Waals surface area contributed by atoms with Gasteiger partial charge in [-0.3, -0.25) is 13.9 Å². The Morgan fingerprint density at radius 1 is 0.947 bits per heavy atom. The van der Waals surface area contributed by atoms with Gasteiger partial charge in [-0.1, -0.05) is 74.7 Å². The minimum atomic E-state index is -4.10. The van der Waals surface area contributed by atoms with Crippen molar-refractivity contribution in [3.05, 3.63) is 92.9 Å². The molecule has 0 aromatic heterocycles. The average molecular weight is 665 g/mol. The number of hydrogen-bond acceptors (Lipinski definition) is 4. The number of nitrogens with one attached hydrogen (secondary N) is 1. The number of benzene rings is 3. The molecule has 0 aliphatic rings. The maximum Gasteiger partial charge on any atom is 0.264 e. The Bertz CT molecular complexity index is 1380. The van der Waals surface area contributed by atoms with Gasteiger partial charge in [0.2, 0.25) is 11.8 Å². The summed E-state index contributed by atoms with van der Waals surface area (Å²) in [6.45, 7) is 5.60. The summed E-state index contributed by atoms with van der Waals surface area (Å²) < 4.78 is 30.2. The predicted octanol–water partition coefficient (Wildman–Crippen LogP) is 5.66. The van der Waals surface area contributed by atoms with Crippen LogP contribution in [0, 0.1) is 6.92 Å². The summed E-state index contributed by atoms with van der Waals surface area (Å²) in [4.78, 5) is 28.3. The van der Waals surface area contributed by atoms with Crippen molar-refractivity contribution in [1.82, 2.24) is 10.2 Å². The monoisotopic (exact) mass is 663 g/mol. The summed E-state index contributed by atoms with van der Waals surface area (Å²) in [7, 11) is -4.10. The summed E-state index contributed by atoms with van der Waals surface area (Å²) in [6.07, 6.45) is 0.753. The molecule has 38 heavy (non-hydrogen) atoms. The normalized spacial score (nSPS) is 12.0. The Hall–Kier alpha value is -2.69. The van der Waals surface area contributed by atoms with Crippen molar-refractivity contribution in [2.75, 3.05) is 17.4 Å². The Morgan fingerprint density at radius 2 is 1.58 bits per heavy atom. The molecule has 1 N–H and O–H groups in total. The Balaban J connectivity index is 2.02. The Morgan fingerprint density at radius 3 is 2.18 bits per heavy atom. The number of halogens is 2. The fourth-order valence-corrected chi connectivity index (χ4v) is 6.05. The molecule has 0 aliphatic heterocycles. The highest BCUT2D eigenvalue weighted by Crippen LogP contribution is 2.27. The second-order valence-corrected chi connectivity index (χ2v) is 12.6. The number of aryl methyl sites for hydroxylation is 1. The molecule has 3 rings (SSSR count). The van der Waals surface area contributed by atoms with Crippen molar-refractivity contribution in [1.29, 1.82) is 0 Å². The summed E-state index contributed by atoms with van der Waals surface area (Å²) in [6, 6.07) is 19.9. The molecular weight excluding hydrogens is 634 g/mol. The zero-order valence-corrected chi connectivity index (χ0v) is 25.5. The van der Waals surface area contributed by atoms with Gasteiger partial charge in [0.05, 0.1) is 10.6 Å². The highest BCUT2D eigenvalue weighted by molar-refractivity contribution is 9.10. The molecule has 0 spiro atoms. The number of carbonyl (C=O) groups excluding carboxylic acids is 2. The molecule has 7 nitrogen and oxygen atoms in total. The summed E-state index contributed by atoms with van der Waals surface area (Å²) in [5, 5.41) is 2.84. The van der Waals surface area contributed by atoms with Gasteiger partial charge in [-0.15, -0.1) is 0 Å². The Labute approximate surface area is 241 Å². The highest BCUT2D eigenvalue weighted by Gasteiger charge is 2.32. The SMILES string of the molecule is CCCNC(=O)[C@@H](C)N(Cc1cccc(Br)c1)C(=O)CN(c1cccc(Br)c1)S(=O)(=O)c1ccc(C)cc1. The standard InChI is InChI=1S/C28H31Br2N3O4S/c1-4-15-31-28(35)21(3)32(18-22-7-5-8-23(29)16-22)27(34)19-33(25-10-6-9-24(30)17-25)38(36,37)26-13-11-20(2)12-14-26/h5-14,16-17,21H,4,15,18-19H2,1-3H3,(H,31,35)/t21-/m1/s1. The van der Waals surface area contributed by atoms with Crippen LogP contribution in [0.15, 0.2) is 86.6 Å². The fourth-order valence-electron chi connectivity index (χ4n) is 3.81. The number of amides is 2. The van der Waals surface area contributed by atoms with E-state index in [-0.39, 0.29) is 17.3 Å². The zero-order valence-electron chi connectivity index (χ0n) is 21.5. The highest BCUT2D eigenvalue weighted by atomic mass is 79.9. The molecule has 202 valence electrons. The van der Waals surface area contributed by atoms with Gasteiger partial charge in [0.25, 0.3) is 10.0 Å². The lowest BCUT2D eigenvalue weighted by atomic mass is 10.1. The van der Waals surface area contributed by atoms with Gasteiger partial charge in [-0.25, -0.2) is 8.42 Å². The molecule has 1 atom stereocenters. The first-order valence-electron chi connectivity index (χ1n) is 12.2. The van der Waals surface area contributed by atoms with Crippen LogP contribution in [0.1, 0.15) is 31.4 Å². The summed E-state index contributed by atoms with van der Waals surface area (Å²) in [5.74, 6) is -0.801. The van der Waals surface area contributed by atoms with Crippen molar-refractivity contribution in [2.45, 2.75) is 44.7 Å². The van der Waals surface area contributed by atoms with Crippen molar-refractivity contribution < 1.29 is 18.0 Å². The third-order valence-corrected chi connectivity index (χ3v) is 8.72. The van der Waals surface area contributed by atoms with Crippen LogP contribution >= 0.6 is 31.9 Å². The van der Waals surface area contributed by atoms with Gasteiger partial charge in [-0.05, 0) is 68.3 Å². The first-order valence-corrected chi connectivity index (χ1v) is 15.2. The maximum atomic E-state index is 13.9. The fraction of sp³-hybridized carbons (Fsp3) is 0.286. The van der Waals surface area contributed by atoms with Crippen LogP contribution < -0.4 is 9.62 Å². The molecule has 0 radical (unpaired) electrons. The topological polar surface area (TPSA) is 86.8 Å². The number of rotatable bonds is 11. The van der Waals surface area contributed by atoms with E-state index >= 15 is 0 Å². The van der Waals surface area contributed by atoms with Crippen LogP contribution in [0.4, 0.5) is 5.69 Å². The first-order chi connectivity index (χ1) is 18.0. The predicted molar refractivity (Wildman–Crippen MR) is 157 cm³/mol. The first kappa shape index (κ1) is 29.9. The van der Waals surface area contributed by atoms with E-state index in [0.717, 1.165) is 26.3 Å². The van der Waals surface area contributed by atoms with E-state index < -0.39 is 28.5 Å². The van der Waals surface area contributed by atoms with E-state index in [1.807, 2.05) is 38.1 Å². The third kappa shape index (κ3) is 7.68. The molecule has 0 bridgehead atoms. The van der Waals surface area contributed by atoms with E-state index in [1.165, 1.54) is 17.0 Å². The van der Waals surface area contributed by atoms with Gasteiger partial charge < -0.3 is 10.2 Å². The molecule has 0 heterocycles. The smallest absolute Gasteiger partial charge is 0.264 e. The molecular formula is C28H31Br2N3O4S. The number of carbonyl (C=O) groups is 2. The van der Waals surface area contributed by atoms with E-state index in [9.17, 15) is 18.0 Å². The largest absolute Gasteiger partial charge is 0.354 e. The van der Waals surface area contributed by atoms with Crippen molar-refractivity contribution >= 4 is 59.4 Å². The molecule has 0 aliphatic carbocycles. The van der Waals surface area contributed by atoms with Crippen LogP contribution in [-0.4, -0.2) is 44.3 Å². The lowest BCUT2D eigenvalue weighted by Gasteiger charge is -2.32. The van der Waals surface area contributed by atoms with Crippen LogP contribution in [0.25, 0.3) is 0 Å². The third-order valence-electron chi connectivity index (χ3n) is 5.94. The van der Waals surface area contributed by atoms with Gasteiger partial charge in [-0.2, -0.15) is 0 Å². The lowest BCUT2D eigenvalue weighted by Crippen LogP contribution is -2.51. The van der Waals surface area contributed by atoms with E-state index in [4.69, 9.17) is 0 Å². The van der Waals surface area contributed by atoms with Crippen LogP contribution in [-0.2, 0) is 26.2 Å². The van der Waals surface area contributed by atoms with E-state index in [1.54, 1.807) is 43.3 Å². The number of anilines is 1. The van der Waals surface area contributed by atoms with Gasteiger partial charge in [0.15, 0.2) is 0 Å². The van der Waals surface area contributed by atoms with Gasteiger partial charge in [0, 0.05) is 22.0 Å². The number of nitrogens with zero attached hydrogens (tertiary/aromatic N) is 2. The molecule has 2 amide bonds. The van der Waals surface area contributed by atoms with Gasteiger partial charge >= 0.3 is 0 Å². The van der Waals surface area contributed by atoms with Crippen LogP contribution in [0.5, 0.6) is 0 Å². The average Bonchev–Trinajstić information content (AvgIpc) is 2.88. The van der Waals surface area contributed by atoms with Gasteiger partial charge in [0.1, 0.15) is 12.6 Å². The zero-order chi connectivity index (χ0) is 27.9. The molecule has 10 heteroatoms. The van der Waals surface area contributed by atoms with E-state index in [0.29, 0.717) is 16.7 Å². The molecule has 0 unspecified atom stereocenters. The minimum absolute atomic E-state index is 0.0724. The second kappa shape index (κ2) is 13.4. The summed E-state index contributed by atoms with van der Waals surface area (Å²) >= 11 is 6.85. The van der Waals surface area contributed by atoms with Crippen molar-refractivity contribution in [3.8, 4) is 0 Å². The number of hydrogen-bond donors (Lipinski definition) is 1. The molecule has 3 aromatic rings. The van der Waals surface area contributed by atoms with E-state index in [2.05, 4.69) is 37.2 Å². The Kier molecular flexibility index (Phi) is 10.5.